The van der Waals surface area contributed by atoms with E-state index in [9.17, 15) is 4.79 Å². The molecule has 1 heterocycles. The Labute approximate surface area is 173 Å². The summed E-state index contributed by atoms with van der Waals surface area (Å²) in [7, 11) is 1.83. The SMILES string of the molecule is CCNC(=NCCCOCc1ccco1)NCCC(=O)N(C)Cc1ccccc1. The molecule has 0 aliphatic heterocycles. The number of nitrogens with one attached hydrogen (secondary N) is 2. The van der Waals surface area contributed by atoms with Gasteiger partial charge in [-0.3, -0.25) is 9.79 Å². The number of hydrogen-bond acceptors (Lipinski definition) is 4. The second-order valence-electron chi connectivity index (χ2n) is 6.66. The fraction of sp³-hybridized carbons (Fsp3) is 0.455. The summed E-state index contributed by atoms with van der Waals surface area (Å²) >= 11 is 0. The highest BCUT2D eigenvalue weighted by Crippen LogP contribution is 2.04. The van der Waals surface area contributed by atoms with Gasteiger partial charge in [-0.25, -0.2) is 0 Å². The van der Waals surface area contributed by atoms with E-state index < -0.39 is 0 Å². The van der Waals surface area contributed by atoms with Gasteiger partial charge in [0.15, 0.2) is 5.96 Å². The lowest BCUT2D eigenvalue weighted by Gasteiger charge is -2.18. The number of furan rings is 1. The fourth-order valence-corrected chi connectivity index (χ4v) is 2.69. The Morgan fingerprint density at radius 3 is 2.72 bits per heavy atom. The maximum Gasteiger partial charge on any atom is 0.224 e. The van der Waals surface area contributed by atoms with Crippen LogP contribution in [-0.2, 0) is 22.7 Å². The lowest BCUT2D eigenvalue weighted by Crippen LogP contribution is -2.39. The molecule has 7 nitrogen and oxygen atoms in total. The quantitative estimate of drug-likeness (QED) is 0.325. The van der Waals surface area contributed by atoms with E-state index in [1.165, 1.54) is 0 Å². The molecule has 0 atom stereocenters. The minimum Gasteiger partial charge on any atom is -0.467 e. The summed E-state index contributed by atoms with van der Waals surface area (Å²) < 4.78 is 10.8. The number of ether oxygens (including phenoxy) is 1. The molecule has 0 fully saturated rings. The Balaban J connectivity index is 1.62. The van der Waals surface area contributed by atoms with Crippen LogP contribution >= 0.6 is 0 Å². The molecule has 1 amide bonds. The van der Waals surface area contributed by atoms with E-state index in [-0.39, 0.29) is 5.91 Å². The van der Waals surface area contributed by atoms with E-state index >= 15 is 0 Å². The van der Waals surface area contributed by atoms with Crippen LogP contribution in [0, 0.1) is 0 Å². The van der Waals surface area contributed by atoms with Crippen molar-refractivity contribution >= 4 is 11.9 Å². The molecule has 2 N–H and O–H groups in total. The third-order valence-corrected chi connectivity index (χ3v) is 4.20. The molecule has 0 aliphatic rings. The van der Waals surface area contributed by atoms with E-state index in [4.69, 9.17) is 9.15 Å². The van der Waals surface area contributed by atoms with Crippen LogP contribution in [0.1, 0.15) is 31.1 Å². The molecule has 7 heteroatoms. The lowest BCUT2D eigenvalue weighted by molar-refractivity contribution is -0.130. The molecule has 0 bridgehead atoms. The highest BCUT2D eigenvalue weighted by Gasteiger charge is 2.09. The van der Waals surface area contributed by atoms with Crippen LogP contribution in [0.2, 0.25) is 0 Å². The summed E-state index contributed by atoms with van der Waals surface area (Å²) in [6.07, 6.45) is 2.87. The highest BCUT2D eigenvalue weighted by molar-refractivity contribution is 5.81. The molecule has 2 rings (SSSR count). The smallest absolute Gasteiger partial charge is 0.224 e. The van der Waals surface area contributed by atoms with Crippen molar-refractivity contribution in [2.24, 2.45) is 4.99 Å². The van der Waals surface area contributed by atoms with Crippen LogP contribution in [0.15, 0.2) is 58.1 Å². The molecule has 0 unspecified atom stereocenters. The number of amides is 1. The molecule has 2 aromatic rings. The summed E-state index contributed by atoms with van der Waals surface area (Å²) in [6.45, 7) is 5.69. The molecule has 158 valence electrons. The first-order chi connectivity index (χ1) is 14.2. The Bertz CT molecular complexity index is 717. The van der Waals surface area contributed by atoms with Gasteiger partial charge in [-0.15, -0.1) is 0 Å². The molecule has 0 saturated heterocycles. The van der Waals surface area contributed by atoms with E-state index in [2.05, 4.69) is 15.6 Å². The topological polar surface area (TPSA) is 79.1 Å². The third-order valence-electron chi connectivity index (χ3n) is 4.20. The minimum absolute atomic E-state index is 0.100. The Morgan fingerprint density at radius 2 is 2.00 bits per heavy atom. The summed E-state index contributed by atoms with van der Waals surface area (Å²) in [4.78, 5) is 18.6. The Morgan fingerprint density at radius 1 is 1.17 bits per heavy atom. The van der Waals surface area contributed by atoms with Crippen molar-refractivity contribution in [2.75, 3.05) is 33.3 Å². The van der Waals surface area contributed by atoms with Crippen molar-refractivity contribution in [3.8, 4) is 0 Å². The van der Waals surface area contributed by atoms with E-state index in [0.717, 1.165) is 30.2 Å². The van der Waals surface area contributed by atoms with Gasteiger partial charge in [-0.05, 0) is 31.0 Å². The van der Waals surface area contributed by atoms with Crippen LogP contribution in [0.5, 0.6) is 0 Å². The molecule has 0 saturated carbocycles. The average molecular weight is 401 g/mol. The summed E-state index contributed by atoms with van der Waals surface area (Å²) in [5, 5.41) is 6.42. The first kappa shape index (κ1) is 22.5. The van der Waals surface area contributed by atoms with Gasteiger partial charge in [0.1, 0.15) is 12.4 Å². The van der Waals surface area contributed by atoms with Gasteiger partial charge in [0.25, 0.3) is 0 Å². The van der Waals surface area contributed by atoms with Gasteiger partial charge < -0.3 is 24.7 Å². The van der Waals surface area contributed by atoms with Gasteiger partial charge in [0.2, 0.25) is 5.91 Å². The molecule has 0 spiro atoms. The van der Waals surface area contributed by atoms with E-state index in [0.29, 0.717) is 39.3 Å². The summed E-state index contributed by atoms with van der Waals surface area (Å²) in [5.74, 6) is 1.64. The predicted octanol–water partition coefficient (Wildman–Crippen LogP) is 2.79. The normalized spacial score (nSPS) is 11.3. The van der Waals surface area contributed by atoms with Crippen molar-refractivity contribution < 1.29 is 13.9 Å². The van der Waals surface area contributed by atoms with Gasteiger partial charge in [0, 0.05) is 46.3 Å². The number of guanidine groups is 1. The summed E-state index contributed by atoms with van der Waals surface area (Å²) in [6, 6.07) is 13.7. The van der Waals surface area contributed by atoms with E-state index in [1.54, 1.807) is 11.2 Å². The number of rotatable bonds is 12. The Hall–Kier alpha value is -2.80. The lowest BCUT2D eigenvalue weighted by atomic mass is 10.2. The molecular weight excluding hydrogens is 368 g/mol. The number of hydrogen-bond donors (Lipinski definition) is 2. The molecule has 0 aliphatic carbocycles. The minimum atomic E-state index is 0.100. The van der Waals surface area contributed by atoms with Crippen molar-refractivity contribution in [3.05, 3.63) is 60.1 Å². The molecule has 29 heavy (non-hydrogen) atoms. The largest absolute Gasteiger partial charge is 0.467 e. The zero-order valence-electron chi connectivity index (χ0n) is 17.4. The van der Waals surface area contributed by atoms with Gasteiger partial charge in [0.05, 0.1) is 6.26 Å². The number of benzene rings is 1. The highest BCUT2D eigenvalue weighted by atomic mass is 16.5. The maximum atomic E-state index is 12.3. The van der Waals surface area contributed by atoms with Crippen molar-refractivity contribution in [2.45, 2.75) is 32.9 Å². The number of aliphatic imine (C=N–C) groups is 1. The van der Waals surface area contributed by atoms with Crippen molar-refractivity contribution in [1.29, 1.82) is 0 Å². The van der Waals surface area contributed by atoms with Crippen LogP contribution < -0.4 is 10.6 Å². The van der Waals surface area contributed by atoms with Crippen molar-refractivity contribution in [1.82, 2.24) is 15.5 Å². The molecule has 1 aromatic heterocycles. The standard InChI is InChI=1S/C22H32N4O3/c1-3-23-22(24-13-8-15-28-18-20-11-7-16-29-20)25-14-12-21(27)26(2)17-19-9-5-4-6-10-19/h4-7,9-11,16H,3,8,12-15,17-18H2,1-2H3,(H2,23,24,25). The van der Waals surface area contributed by atoms with Gasteiger partial charge in [-0.1, -0.05) is 30.3 Å². The summed E-state index contributed by atoms with van der Waals surface area (Å²) in [5.41, 5.74) is 1.13. The number of carbonyl (C=O) groups is 1. The maximum absolute atomic E-state index is 12.3. The average Bonchev–Trinajstić information content (AvgIpc) is 3.24. The van der Waals surface area contributed by atoms with E-state index in [1.807, 2.05) is 56.4 Å². The monoisotopic (exact) mass is 400 g/mol. The second kappa shape index (κ2) is 13.4. The molecule has 0 radical (unpaired) electrons. The van der Waals surface area contributed by atoms with Gasteiger partial charge >= 0.3 is 0 Å². The first-order valence-corrected chi connectivity index (χ1v) is 10.1. The zero-order chi connectivity index (χ0) is 20.7. The van der Waals surface area contributed by atoms with Crippen molar-refractivity contribution in [3.63, 3.8) is 0 Å². The molecular formula is C22H32N4O3. The van der Waals surface area contributed by atoms with Crippen LogP contribution in [-0.4, -0.2) is 50.1 Å². The fourth-order valence-electron chi connectivity index (χ4n) is 2.69. The number of carbonyl (C=O) groups excluding carboxylic acids is 1. The second-order valence-corrected chi connectivity index (χ2v) is 6.66. The van der Waals surface area contributed by atoms with Crippen LogP contribution in [0.4, 0.5) is 0 Å². The molecule has 1 aromatic carbocycles. The van der Waals surface area contributed by atoms with Crippen LogP contribution in [0.3, 0.4) is 0 Å². The third kappa shape index (κ3) is 9.30. The number of nitrogens with zero attached hydrogens (tertiary/aromatic N) is 2. The predicted molar refractivity (Wildman–Crippen MR) is 114 cm³/mol. The zero-order valence-corrected chi connectivity index (χ0v) is 17.4. The first-order valence-electron chi connectivity index (χ1n) is 10.1. The van der Waals surface area contributed by atoms with Gasteiger partial charge in [-0.2, -0.15) is 0 Å². The van der Waals surface area contributed by atoms with Crippen LogP contribution in [0.25, 0.3) is 0 Å². The Kier molecular flexibility index (Phi) is 10.4.